The van der Waals surface area contributed by atoms with Gasteiger partial charge in [0.2, 0.25) is 0 Å². The van der Waals surface area contributed by atoms with Gasteiger partial charge in [-0.25, -0.2) is 0 Å². The van der Waals surface area contributed by atoms with Crippen LogP contribution in [0.1, 0.15) is 132 Å². The number of carbonyl (C=O) groups is 1. The number of aliphatic hydroxyl groups is 1. The van der Waals surface area contributed by atoms with Crippen LogP contribution in [-0.2, 0) is 14.3 Å². The Morgan fingerprint density at radius 1 is 0.919 bits per heavy atom. The molecule has 4 saturated carbocycles. The highest BCUT2D eigenvalue weighted by Crippen LogP contribution is 2.75. The summed E-state index contributed by atoms with van der Waals surface area (Å²) in [5.41, 5.74) is 0.909. The molecule has 37 heavy (non-hydrogen) atoms. The van der Waals surface area contributed by atoms with E-state index in [4.69, 9.17) is 9.47 Å². The molecule has 4 aliphatic carbocycles. The third-order valence-electron chi connectivity index (χ3n) is 13.2. The first-order valence-corrected chi connectivity index (χ1v) is 15.6. The third-order valence-corrected chi connectivity index (χ3v) is 13.2. The number of hydrogen-bond donors (Lipinski definition) is 1. The first-order chi connectivity index (χ1) is 17.1. The number of esters is 1. The van der Waals surface area contributed by atoms with Crippen LogP contribution in [0.3, 0.4) is 0 Å². The van der Waals surface area contributed by atoms with Crippen LogP contribution in [0.4, 0.5) is 0 Å². The summed E-state index contributed by atoms with van der Waals surface area (Å²) in [4.78, 5) is 12.0. The van der Waals surface area contributed by atoms with Crippen molar-refractivity contribution in [1.82, 2.24) is 0 Å². The second-order valence-corrected chi connectivity index (χ2v) is 16.3. The maximum absolute atomic E-state index is 12.0. The van der Waals surface area contributed by atoms with E-state index in [1.165, 1.54) is 64.7 Å². The minimum absolute atomic E-state index is 0.00519. The predicted molar refractivity (Wildman–Crippen MR) is 148 cm³/mol. The number of hydrogen-bond acceptors (Lipinski definition) is 4. The Labute approximate surface area is 227 Å². The van der Waals surface area contributed by atoms with E-state index in [0.717, 1.165) is 25.2 Å². The van der Waals surface area contributed by atoms with Crippen molar-refractivity contribution in [1.29, 1.82) is 0 Å². The number of ether oxygens (including phenoxy) is 2. The lowest BCUT2D eigenvalue weighted by molar-refractivity contribution is -0.187. The van der Waals surface area contributed by atoms with Crippen molar-refractivity contribution in [2.24, 2.45) is 44.8 Å². The van der Waals surface area contributed by atoms with E-state index < -0.39 is 0 Å². The average molecular weight is 517 g/mol. The Bertz CT molecular complexity index is 874. The molecule has 4 nitrogen and oxygen atoms in total. The summed E-state index contributed by atoms with van der Waals surface area (Å²) < 4.78 is 12.9. The molecule has 5 rings (SSSR count). The molecule has 0 amide bonds. The monoisotopic (exact) mass is 516 g/mol. The van der Waals surface area contributed by atoms with Crippen molar-refractivity contribution in [3.8, 4) is 0 Å². The maximum atomic E-state index is 12.0. The zero-order valence-electron chi connectivity index (χ0n) is 25.2. The molecule has 5 fully saturated rings. The van der Waals surface area contributed by atoms with Crippen molar-refractivity contribution < 1.29 is 19.4 Å². The molecule has 0 aromatic rings. The molecular formula is C33H56O4. The van der Waals surface area contributed by atoms with E-state index in [0.29, 0.717) is 22.7 Å². The van der Waals surface area contributed by atoms with Gasteiger partial charge in [0.25, 0.3) is 0 Å². The fourth-order valence-corrected chi connectivity index (χ4v) is 10.8. The lowest BCUT2D eigenvalue weighted by atomic mass is 9.40. The van der Waals surface area contributed by atoms with Crippen LogP contribution in [0.25, 0.3) is 0 Å². The van der Waals surface area contributed by atoms with Crippen molar-refractivity contribution >= 4 is 5.97 Å². The summed E-state index contributed by atoms with van der Waals surface area (Å²) in [7, 11) is 0. The van der Waals surface area contributed by atoms with Crippen LogP contribution < -0.4 is 0 Å². The Kier molecular flexibility index (Phi) is 6.96. The number of carbonyl (C=O) groups excluding carboxylic acids is 1. The van der Waals surface area contributed by atoms with Crippen molar-refractivity contribution in [2.75, 3.05) is 0 Å². The molecule has 1 heterocycles. The van der Waals surface area contributed by atoms with Crippen molar-refractivity contribution in [3.63, 3.8) is 0 Å². The standard InChI is InChI=1S/C33H56O4/c1-21(34)36-28(29(2,3)4)24-14-13-23-25(37-24)20-32(8)26-15-12-22-19-33(26,18-17-31(23,32)7)16-10-9-11-27(35)30(22,5)6/h22-28,35H,9-20H2,1-8H3. The van der Waals surface area contributed by atoms with Gasteiger partial charge in [0.1, 0.15) is 6.10 Å². The quantitative estimate of drug-likeness (QED) is 0.382. The number of fused-ring (bicyclic) bond motifs is 5. The molecule has 1 aliphatic heterocycles. The molecule has 5 aliphatic rings. The Morgan fingerprint density at radius 2 is 1.65 bits per heavy atom. The van der Waals surface area contributed by atoms with Gasteiger partial charge in [0, 0.05) is 12.3 Å². The van der Waals surface area contributed by atoms with E-state index >= 15 is 0 Å². The SMILES string of the molecule is CC(=O)OC(C1CCC2C(CC3(C)C4CCC5CC4(CCCCC(O)C5(C)C)CCC23C)O1)C(C)(C)C. The molecule has 0 radical (unpaired) electrons. The van der Waals surface area contributed by atoms with Gasteiger partial charge in [-0.1, -0.05) is 61.3 Å². The number of aliphatic hydroxyl groups excluding tert-OH is 1. The molecule has 0 aromatic heterocycles. The second kappa shape index (κ2) is 9.22. The fourth-order valence-electron chi connectivity index (χ4n) is 10.8. The van der Waals surface area contributed by atoms with E-state index in [1.807, 2.05) is 0 Å². The summed E-state index contributed by atoms with van der Waals surface area (Å²) in [5.74, 6) is 1.79. The largest absolute Gasteiger partial charge is 0.459 e. The zero-order chi connectivity index (χ0) is 27.0. The van der Waals surface area contributed by atoms with E-state index in [2.05, 4.69) is 48.5 Å². The van der Waals surface area contributed by atoms with Crippen molar-refractivity contribution in [3.05, 3.63) is 0 Å². The molecule has 10 unspecified atom stereocenters. The summed E-state index contributed by atoms with van der Waals surface area (Å²) in [6.07, 6.45) is 14.6. The first kappa shape index (κ1) is 27.9. The molecule has 0 aromatic carbocycles. The van der Waals surface area contributed by atoms with Gasteiger partial charge in [0.15, 0.2) is 0 Å². The molecule has 2 bridgehead atoms. The highest BCUT2D eigenvalue weighted by Gasteiger charge is 2.69. The van der Waals surface area contributed by atoms with Gasteiger partial charge in [-0.3, -0.25) is 4.79 Å². The fraction of sp³-hybridized carbons (Fsp3) is 0.970. The second-order valence-electron chi connectivity index (χ2n) is 16.3. The minimum atomic E-state index is -0.198. The predicted octanol–water partition coefficient (Wildman–Crippen LogP) is 7.70. The van der Waals surface area contributed by atoms with Crippen LogP contribution >= 0.6 is 0 Å². The average Bonchev–Trinajstić information content (AvgIpc) is 3.06. The normalized spacial score (nSPS) is 48.4. The van der Waals surface area contributed by atoms with Crippen LogP contribution in [0.15, 0.2) is 0 Å². The molecule has 1 N–H and O–H groups in total. The minimum Gasteiger partial charge on any atom is -0.459 e. The van der Waals surface area contributed by atoms with Gasteiger partial charge < -0.3 is 14.6 Å². The van der Waals surface area contributed by atoms with Crippen LogP contribution in [0, 0.1) is 44.8 Å². The van der Waals surface area contributed by atoms with Gasteiger partial charge in [-0.15, -0.1) is 0 Å². The highest BCUT2D eigenvalue weighted by atomic mass is 16.6. The Morgan fingerprint density at radius 3 is 2.32 bits per heavy atom. The number of rotatable bonds is 2. The summed E-state index contributed by atoms with van der Waals surface area (Å²) in [5, 5.41) is 11.1. The van der Waals surface area contributed by atoms with Crippen molar-refractivity contribution in [2.45, 2.75) is 157 Å². The topological polar surface area (TPSA) is 55.8 Å². The smallest absolute Gasteiger partial charge is 0.303 e. The molecule has 1 spiro atoms. The van der Waals surface area contributed by atoms with Crippen LogP contribution in [0.5, 0.6) is 0 Å². The van der Waals surface area contributed by atoms with Gasteiger partial charge in [0.05, 0.1) is 18.3 Å². The Hall–Kier alpha value is -0.610. The summed E-state index contributed by atoms with van der Waals surface area (Å²) in [6.45, 7) is 18.0. The Balaban J connectivity index is 1.43. The van der Waals surface area contributed by atoms with Crippen LogP contribution in [-0.4, -0.2) is 35.5 Å². The van der Waals surface area contributed by atoms with E-state index in [1.54, 1.807) is 0 Å². The maximum Gasteiger partial charge on any atom is 0.303 e. The zero-order valence-corrected chi connectivity index (χ0v) is 25.2. The molecular weight excluding hydrogens is 460 g/mol. The lowest BCUT2D eigenvalue weighted by Gasteiger charge is -2.64. The molecule has 1 saturated heterocycles. The highest BCUT2D eigenvalue weighted by molar-refractivity contribution is 5.66. The molecule has 4 heteroatoms. The van der Waals surface area contributed by atoms with E-state index in [9.17, 15) is 9.90 Å². The van der Waals surface area contributed by atoms with Gasteiger partial charge in [-0.2, -0.15) is 0 Å². The first-order valence-electron chi connectivity index (χ1n) is 15.6. The lowest BCUT2D eigenvalue weighted by Crippen LogP contribution is -2.57. The molecule has 10 atom stereocenters. The van der Waals surface area contributed by atoms with Gasteiger partial charge >= 0.3 is 5.97 Å². The van der Waals surface area contributed by atoms with Crippen LogP contribution in [0.2, 0.25) is 0 Å². The third kappa shape index (κ3) is 4.34. The summed E-state index contributed by atoms with van der Waals surface area (Å²) in [6, 6.07) is 0. The van der Waals surface area contributed by atoms with Gasteiger partial charge in [-0.05, 0) is 104 Å². The summed E-state index contributed by atoms with van der Waals surface area (Å²) >= 11 is 0. The van der Waals surface area contributed by atoms with E-state index in [-0.39, 0.29) is 46.6 Å². The molecule has 212 valence electrons.